The number of aromatic nitrogens is 1. The molecule has 1 aromatic carbocycles. The SMILES string of the molecule is COCCNC(=O)c1ccnc(C(=O)NCc2ccccc2Cl)c1. The largest absolute Gasteiger partial charge is 0.383 e. The summed E-state index contributed by atoms with van der Waals surface area (Å²) in [6, 6.07) is 10.2. The van der Waals surface area contributed by atoms with Crippen molar-refractivity contribution in [2.24, 2.45) is 0 Å². The molecule has 2 rings (SSSR count). The van der Waals surface area contributed by atoms with Crippen LogP contribution >= 0.6 is 11.6 Å². The van der Waals surface area contributed by atoms with E-state index in [0.717, 1.165) is 5.56 Å². The molecule has 6 nitrogen and oxygen atoms in total. The maximum Gasteiger partial charge on any atom is 0.270 e. The smallest absolute Gasteiger partial charge is 0.270 e. The minimum atomic E-state index is -0.374. The maximum absolute atomic E-state index is 12.2. The molecule has 0 spiro atoms. The number of pyridine rings is 1. The fourth-order valence-electron chi connectivity index (χ4n) is 1.97. The molecule has 0 fully saturated rings. The van der Waals surface area contributed by atoms with E-state index in [1.54, 1.807) is 19.2 Å². The van der Waals surface area contributed by atoms with Gasteiger partial charge in [0.15, 0.2) is 0 Å². The van der Waals surface area contributed by atoms with Crippen LogP contribution in [0.4, 0.5) is 0 Å². The maximum atomic E-state index is 12.2. The molecule has 0 aliphatic heterocycles. The van der Waals surface area contributed by atoms with E-state index in [0.29, 0.717) is 23.7 Å². The van der Waals surface area contributed by atoms with Crippen LogP contribution in [0.3, 0.4) is 0 Å². The van der Waals surface area contributed by atoms with Crippen LogP contribution < -0.4 is 10.6 Å². The van der Waals surface area contributed by atoms with Gasteiger partial charge in [0.25, 0.3) is 11.8 Å². The van der Waals surface area contributed by atoms with E-state index in [1.807, 2.05) is 18.2 Å². The summed E-state index contributed by atoms with van der Waals surface area (Å²) in [4.78, 5) is 28.2. The van der Waals surface area contributed by atoms with Gasteiger partial charge in [-0.15, -0.1) is 0 Å². The van der Waals surface area contributed by atoms with Gasteiger partial charge in [-0.1, -0.05) is 29.8 Å². The van der Waals surface area contributed by atoms with Gasteiger partial charge in [-0.3, -0.25) is 14.6 Å². The Morgan fingerprint density at radius 1 is 1.17 bits per heavy atom. The van der Waals surface area contributed by atoms with Crippen molar-refractivity contribution in [1.29, 1.82) is 0 Å². The highest BCUT2D eigenvalue weighted by atomic mass is 35.5. The topological polar surface area (TPSA) is 80.3 Å². The number of halogens is 1. The minimum absolute atomic E-state index is 0.168. The molecule has 2 N–H and O–H groups in total. The van der Waals surface area contributed by atoms with Crippen molar-refractivity contribution in [2.75, 3.05) is 20.3 Å². The highest BCUT2D eigenvalue weighted by Crippen LogP contribution is 2.14. The zero-order chi connectivity index (χ0) is 17.4. The number of nitrogens with one attached hydrogen (secondary N) is 2. The van der Waals surface area contributed by atoms with Crippen LogP contribution in [0.5, 0.6) is 0 Å². The van der Waals surface area contributed by atoms with Crippen molar-refractivity contribution in [3.8, 4) is 0 Å². The van der Waals surface area contributed by atoms with Crippen LogP contribution in [0.2, 0.25) is 5.02 Å². The Hall–Kier alpha value is -2.44. The molecule has 0 bridgehead atoms. The molecular formula is C17H18ClN3O3. The Kier molecular flexibility index (Phi) is 6.72. The molecule has 0 saturated carbocycles. The van der Waals surface area contributed by atoms with E-state index in [1.165, 1.54) is 12.3 Å². The number of carbonyl (C=O) groups excluding carboxylic acids is 2. The van der Waals surface area contributed by atoms with E-state index in [-0.39, 0.29) is 24.1 Å². The first-order chi connectivity index (χ1) is 11.6. The standard InChI is InChI=1S/C17H18ClN3O3/c1-24-9-8-20-16(22)12-6-7-19-15(10-12)17(23)21-11-13-4-2-3-5-14(13)18/h2-7,10H,8-9,11H2,1H3,(H,20,22)(H,21,23). The first kappa shape index (κ1) is 17.9. The molecule has 2 amide bonds. The number of rotatable bonds is 7. The van der Waals surface area contributed by atoms with Gasteiger partial charge in [0.05, 0.1) is 6.61 Å². The van der Waals surface area contributed by atoms with E-state index >= 15 is 0 Å². The van der Waals surface area contributed by atoms with Gasteiger partial charge >= 0.3 is 0 Å². The number of nitrogens with zero attached hydrogens (tertiary/aromatic N) is 1. The van der Waals surface area contributed by atoms with E-state index < -0.39 is 0 Å². The van der Waals surface area contributed by atoms with Gasteiger partial charge in [-0.2, -0.15) is 0 Å². The highest BCUT2D eigenvalue weighted by Gasteiger charge is 2.12. The Bertz CT molecular complexity index is 722. The number of carbonyl (C=O) groups is 2. The van der Waals surface area contributed by atoms with Gasteiger partial charge in [-0.05, 0) is 23.8 Å². The zero-order valence-corrected chi connectivity index (χ0v) is 14.0. The summed E-state index contributed by atoms with van der Waals surface area (Å²) in [6.07, 6.45) is 1.43. The predicted molar refractivity (Wildman–Crippen MR) is 91.1 cm³/mol. The number of benzene rings is 1. The van der Waals surface area contributed by atoms with Crippen LogP contribution in [0.25, 0.3) is 0 Å². The third-order valence-electron chi connectivity index (χ3n) is 3.24. The lowest BCUT2D eigenvalue weighted by Crippen LogP contribution is -2.28. The number of methoxy groups -OCH3 is 1. The van der Waals surface area contributed by atoms with Gasteiger partial charge < -0.3 is 15.4 Å². The van der Waals surface area contributed by atoms with Crippen molar-refractivity contribution in [3.63, 3.8) is 0 Å². The third kappa shape index (κ3) is 5.04. The van der Waals surface area contributed by atoms with Crippen molar-refractivity contribution in [2.45, 2.75) is 6.54 Å². The van der Waals surface area contributed by atoms with Crippen molar-refractivity contribution >= 4 is 23.4 Å². The predicted octanol–water partition coefficient (Wildman–Crippen LogP) is 2.04. The molecule has 126 valence electrons. The van der Waals surface area contributed by atoms with Gasteiger partial charge in [0.2, 0.25) is 0 Å². The average Bonchev–Trinajstić information content (AvgIpc) is 2.61. The van der Waals surface area contributed by atoms with E-state index in [2.05, 4.69) is 15.6 Å². The summed E-state index contributed by atoms with van der Waals surface area (Å²) in [5, 5.41) is 6.01. The second-order valence-corrected chi connectivity index (χ2v) is 5.36. The van der Waals surface area contributed by atoms with E-state index in [4.69, 9.17) is 16.3 Å². The summed E-state index contributed by atoms with van der Waals surface area (Å²) in [5.41, 5.74) is 1.34. The van der Waals surface area contributed by atoms with Crippen molar-refractivity contribution in [1.82, 2.24) is 15.6 Å². The second kappa shape index (κ2) is 9.00. The third-order valence-corrected chi connectivity index (χ3v) is 3.61. The molecule has 1 heterocycles. The average molecular weight is 348 g/mol. The Balaban J connectivity index is 1.98. The number of amides is 2. The Morgan fingerprint density at radius 2 is 1.96 bits per heavy atom. The molecule has 1 aromatic heterocycles. The van der Waals surface area contributed by atoms with Crippen LogP contribution in [-0.4, -0.2) is 37.1 Å². The minimum Gasteiger partial charge on any atom is -0.383 e. The normalized spacial score (nSPS) is 10.2. The first-order valence-electron chi connectivity index (χ1n) is 7.36. The second-order valence-electron chi connectivity index (χ2n) is 4.95. The molecular weight excluding hydrogens is 330 g/mol. The highest BCUT2D eigenvalue weighted by molar-refractivity contribution is 6.31. The van der Waals surface area contributed by atoms with Crippen LogP contribution in [-0.2, 0) is 11.3 Å². The molecule has 0 radical (unpaired) electrons. The molecule has 0 unspecified atom stereocenters. The molecule has 0 aliphatic rings. The van der Waals surface area contributed by atoms with Crippen LogP contribution in [0, 0.1) is 0 Å². The molecule has 0 saturated heterocycles. The summed E-state index contributed by atoms with van der Waals surface area (Å²) >= 11 is 6.05. The van der Waals surface area contributed by atoms with Crippen LogP contribution in [0.1, 0.15) is 26.4 Å². The number of hydrogen-bond donors (Lipinski definition) is 2. The van der Waals surface area contributed by atoms with Crippen LogP contribution in [0.15, 0.2) is 42.6 Å². The molecule has 0 atom stereocenters. The quantitative estimate of drug-likeness (QED) is 0.751. The molecule has 2 aromatic rings. The van der Waals surface area contributed by atoms with E-state index in [9.17, 15) is 9.59 Å². The Morgan fingerprint density at radius 3 is 2.71 bits per heavy atom. The van der Waals surface area contributed by atoms with Gasteiger partial charge in [0.1, 0.15) is 5.69 Å². The first-order valence-corrected chi connectivity index (χ1v) is 7.74. The molecule has 24 heavy (non-hydrogen) atoms. The number of hydrogen-bond acceptors (Lipinski definition) is 4. The molecule has 7 heteroatoms. The zero-order valence-electron chi connectivity index (χ0n) is 13.2. The van der Waals surface area contributed by atoms with Crippen molar-refractivity contribution < 1.29 is 14.3 Å². The number of ether oxygens (including phenoxy) is 1. The summed E-state index contributed by atoms with van der Waals surface area (Å²) in [5.74, 6) is -0.656. The fraction of sp³-hybridized carbons (Fsp3) is 0.235. The fourth-order valence-corrected chi connectivity index (χ4v) is 2.18. The lowest BCUT2D eigenvalue weighted by atomic mass is 10.2. The van der Waals surface area contributed by atoms with Gasteiger partial charge in [0, 0.05) is 37.0 Å². The van der Waals surface area contributed by atoms with Gasteiger partial charge in [-0.25, -0.2) is 0 Å². The molecule has 0 aliphatic carbocycles. The summed E-state index contributed by atoms with van der Waals surface area (Å²) in [7, 11) is 1.56. The summed E-state index contributed by atoms with van der Waals surface area (Å²) in [6.45, 7) is 1.10. The monoisotopic (exact) mass is 347 g/mol. The Labute approximate surface area is 145 Å². The summed E-state index contributed by atoms with van der Waals surface area (Å²) < 4.78 is 4.87. The van der Waals surface area contributed by atoms with Crippen molar-refractivity contribution in [3.05, 3.63) is 64.4 Å². The lowest BCUT2D eigenvalue weighted by molar-refractivity contribution is 0.0937. The lowest BCUT2D eigenvalue weighted by Gasteiger charge is -2.08.